The van der Waals surface area contributed by atoms with E-state index in [-0.39, 0.29) is 18.3 Å². The minimum absolute atomic E-state index is 0.162. The van der Waals surface area contributed by atoms with Gasteiger partial charge in [0, 0.05) is 44.7 Å². The molecule has 2 aromatic carbocycles. The molecule has 3 heterocycles. The van der Waals surface area contributed by atoms with E-state index in [4.69, 9.17) is 37.9 Å². The van der Waals surface area contributed by atoms with Crippen LogP contribution in [0, 0.1) is 5.82 Å². The second kappa shape index (κ2) is 9.97. The van der Waals surface area contributed by atoms with Gasteiger partial charge in [-0.15, -0.1) is 0 Å². The summed E-state index contributed by atoms with van der Waals surface area (Å²) in [4.78, 5) is 28.9. The predicted octanol–water partition coefficient (Wildman–Crippen LogP) is 4.67. The lowest BCUT2D eigenvalue weighted by Gasteiger charge is -2.34. The summed E-state index contributed by atoms with van der Waals surface area (Å²) in [7, 11) is 2.09. The van der Waals surface area contributed by atoms with Crippen LogP contribution < -0.4 is 9.64 Å². The summed E-state index contributed by atoms with van der Waals surface area (Å²) in [5.41, 5.74) is 2.05. The first-order valence-electron chi connectivity index (χ1n) is 11.4. The summed E-state index contributed by atoms with van der Waals surface area (Å²) in [5.74, 6) is 0.939. The van der Waals surface area contributed by atoms with Crippen LogP contribution in [0.15, 0.2) is 42.5 Å². The number of piperazine rings is 1. The van der Waals surface area contributed by atoms with E-state index >= 15 is 0 Å². The predicted molar refractivity (Wildman–Crippen MR) is 133 cm³/mol. The molecule has 0 saturated carbocycles. The quantitative estimate of drug-likeness (QED) is 0.503. The number of halogens is 3. The Kier molecular flexibility index (Phi) is 6.77. The van der Waals surface area contributed by atoms with Crippen molar-refractivity contribution in [2.24, 2.45) is 0 Å². The van der Waals surface area contributed by atoms with Gasteiger partial charge in [-0.3, -0.25) is 4.79 Å². The number of benzene rings is 2. The van der Waals surface area contributed by atoms with Crippen molar-refractivity contribution in [3.8, 4) is 11.6 Å². The number of nitrogens with zero attached hydrogens (tertiary/aromatic N) is 5. The van der Waals surface area contributed by atoms with E-state index in [1.165, 1.54) is 12.1 Å². The van der Waals surface area contributed by atoms with Gasteiger partial charge in [-0.2, -0.15) is 4.98 Å². The number of aromatic nitrogens is 2. The molecule has 182 valence electrons. The molecular formula is C25H24Cl2FN5O2. The number of hydrogen-bond donors (Lipinski definition) is 0. The average molecular weight is 516 g/mol. The van der Waals surface area contributed by atoms with Gasteiger partial charge in [0.25, 0.3) is 5.91 Å². The van der Waals surface area contributed by atoms with Gasteiger partial charge in [-0.05, 0) is 49.5 Å². The molecule has 10 heteroatoms. The summed E-state index contributed by atoms with van der Waals surface area (Å²) in [6.45, 7) is 4.25. The number of rotatable bonds is 4. The van der Waals surface area contributed by atoms with Gasteiger partial charge in [0.2, 0.25) is 11.8 Å². The highest BCUT2D eigenvalue weighted by molar-refractivity contribution is 6.42. The van der Waals surface area contributed by atoms with Crippen molar-refractivity contribution in [2.45, 2.75) is 13.0 Å². The van der Waals surface area contributed by atoms with Crippen LogP contribution in [-0.4, -0.2) is 65.4 Å². The third-order valence-corrected chi connectivity index (χ3v) is 7.02. The molecule has 2 aliphatic rings. The summed E-state index contributed by atoms with van der Waals surface area (Å²) in [6.07, 6.45) is 0.561. The van der Waals surface area contributed by atoms with Crippen LogP contribution in [0.5, 0.6) is 11.6 Å². The molecule has 1 amide bonds. The minimum Gasteiger partial charge on any atom is -0.438 e. The molecule has 1 saturated heterocycles. The number of hydrogen-bond acceptors (Lipinski definition) is 6. The van der Waals surface area contributed by atoms with E-state index < -0.39 is 0 Å². The van der Waals surface area contributed by atoms with Crippen LogP contribution in [0.4, 0.5) is 10.3 Å². The molecule has 0 spiro atoms. The van der Waals surface area contributed by atoms with Crippen molar-refractivity contribution in [1.29, 1.82) is 0 Å². The molecule has 0 radical (unpaired) electrons. The van der Waals surface area contributed by atoms with Gasteiger partial charge in [-0.25, -0.2) is 9.37 Å². The zero-order valence-electron chi connectivity index (χ0n) is 19.2. The highest BCUT2D eigenvalue weighted by Gasteiger charge is 2.29. The Labute approximate surface area is 213 Å². The van der Waals surface area contributed by atoms with Crippen molar-refractivity contribution >= 4 is 35.1 Å². The largest absolute Gasteiger partial charge is 0.438 e. The smallest absolute Gasteiger partial charge is 0.254 e. The van der Waals surface area contributed by atoms with Crippen molar-refractivity contribution in [3.63, 3.8) is 0 Å². The van der Waals surface area contributed by atoms with Crippen molar-refractivity contribution in [2.75, 3.05) is 44.7 Å². The van der Waals surface area contributed by atoms with E-state index in [0.29, 0.717) is 46.2 Å². The fraction of sp³-hybridized carbons (Fsp3) is 0.320. The first-order chi connectivity index (χ1) is 16.9. The fourth-order valence-corrected chi connectivity index (χ4v) is 4.50. The Balaban J connectivity index is 1.47. The Morgan fingerprint density at radius 1 is 0.971 bits per heavy atom. The van der Waals surface area contributed by atoms with Crippen molar-refractivity contribution in [1.82, 2.24) is 19.8 Å². The van der Waals surface area contributed by atoms with E-state index in [9.17, 15) is 9.18 Å². The molecule has 7 nitrogen and oxygen atoms in total. The maximum absolute atomic E-state index is 13.4. The molecule has 0 unspecified atom stereocenters. The zero-order chi connectivity index (χ0) is 24.5. The summed E-state index contributed by atoms with van der Waals surface area (Å²) >= 11 is 12.1. The number of ether oxygens (including phenoxy) is 1. The molecule has 35 heavy (non-hydrogen) atoms. The van der Waals surface area contributed by atoms with Crippen molar-refractivity contribution in [3.05, 3.63) is 75.1 Å². The van der Waals surface area contributed by atoms with E-state index in [1.54, 1.807) is 35.2 Å². The van der Waals surface area contributed by atoms with Crippen LogP contribution in [0.25, 0.3) is 0 Å². The van der Waals surface area contributed by atoms with Crippen LogP contribution >= 0.6 is 23.2 Å². The lowest BCUT2D eigenvalue weighted by Crippen LogP contribution is -2.45. The fourth-order valence-electron chi connectivity index (χ4n) is 4.20. The molecule has 0 aliphatic carbocycles. The number of likely N-dealkylation sites (N-methyl/N-ethyl adjacent to an activating group) is 1. The van der Waals surface area contributed by atoms with Gasteiger partial charge in [0.15, 0.2) is 0 Å². The molecule has 0 N–H and O–H groups in total. The standard InChI is InChI=1S/C25H24Cl2FN5O2/c1-31-10-12-32(13-11-31)25-29-22-8-9-33(24(34)16-2-7-20(26)21(27)14-16)15-19(22)23(30-25)35-18-5-3-17(28)4-6-18/h2-7,14H,8-13,15H2,1H3. The minimum atomic E-state index is -0.349. The van der Waals surface area contributed by atoms with Crippen molar-refractivity contribution < 1.29 is 13.9 Å². The number of carbonyl (C=O) groups is 1. The second-order valence-corrected chi connectivity index (χ2v) is 9.52. The first-order valence-corrected chi connectivity index (χ1v) is 12.1. The van der Waals surface area contributed by atoms with Gasteiger partial charge in [0.05, 0.1) is 27.8 Å². The van der Waals surface area contributed by atoms with Crippen LogP contribution in [0.3, 0.4) is 0 Å². The van der Waals surface area contributed by atoms with E-state index in [0.717, 1.165) is 37.4 Å². The molecule has 2 aliphatic heterocycles. The summed E-state index contributed by atoms with van der Waals surface area (Å²) in [5, 5.41) is 0.724. The number of amides is 1. The highest BCUT2D eigenvalue weighted by Crippen LogP contribution is 2.33. The molecular weight excluding hydrogens is 492 g/mol. The molecule has 1 aromatic heterocycles. The Morgan fingerprint density at radius 3 is 2.43 bits per heavy atom. The van der Waals surface area contributed by atoms with Crippen LogP contribution in [0.1, 0.15) is 21.6 Å². The molecule has 5 rings (SSSR count). The third kappa shape index (κ3) is 5.19. The summed E-state index contributed by atoms with van der Waals surface area (Å²) in [6, 6.07) is 10.6. The first kappa shape index (κ1) is 23.8. The van der Waals surface area contributed by atoms with Gasteiger partial charge in [-0.1, -0.05) is 23.2 Å². The van der Waals surface area contributed by atoms with Gasteiger partial charge >= 0.3 is 0 Å². The molecule has 3 aromatic rings. The molecule has 0 bridgehead atoms. The zero-order valence-corrected chi connectivity index (χ0v) is 20.7. The maximum Gasteiger partial charge on any atom is 0.254 e. The highest BCUT2D eigenvalue weighted by atomic mass is 35.5. The Bertz CT molecular complexity index is 1250. The second-order valence-electron chi connectivity index (χ2n) is 8.71. The number of fused-ring (bicyclic) bond motifs is 1. The Morgan fingerprint density at radius 2 is 1.71 bits per heavy atom. The number of carbonyl (C=O) groups excluding carboxylic acids is 1. The van der Waals surface area contributed by atoms with E-state index in [1.807, 2.05) is 0 Å². The summed E-state index contributed by atoms with van der Waals surface area (Å²) < 4.78 is 19.6. The van der Waals surface area contributed by atoms with Crippen LogP contribution in [0.2, 0.25) is 10.0 Å². The third-order valence-electron chi connectivity index (χ3n) is 6.28. The monoisotopic (exact) mass is 515 g/mol. The Hall–Kier alpha value is -2.94. The maximum atomic E-state index is 13.4. The SMILES string of the molecule is CN1CCN(c2nc3c(c(Oc4ccc(F)cc4)n2)CN(C(=O)c2ccc(Cl)c(Cl)c2)CC3)CC1. The molecule has 1 fully saturated rings. The average Bonchev–Trinajstić information content (AvgIpc) is 2.87. The molecule has 0 atom stereocenters. The van der Waals surface area contributed by atoms with Crippen LogP contribution in [-0.2, 0) is 13.0 Å². The van der Waals surface area contributed by atoms with Gasteiger partial charge in [0.1, 0.15) is 11.6 Å². The van der Waals surface area contributed by atoms with E-state index in [2.05, 4.69) is 16.8 Å². The normalized spacial score (nSPS) is 16.2. The number of anilines is 1. The van der Waals surface area contributed by atoms with Gasteiger partial charge < -0.3 is 19.4 Å². The topological polar surface area (TPSA) is 61.8 Å². The lowest BCUT2D eigenvalue weighted by molar-refractivity contribution is 0.0732. The lowest BCUT2D eigenvalue weighted by atomic mass is 10.1.